The van der Waals surface area contributed by atoms with Gasteiger partial charge in [0.1, 0.15) is 23.3 Å². The van der Waals surface area contributed by atoms with Crippen LogP contribution in [0.3, 0.4) is 0 Å². The third kappa shape index (κ3) is 7.11. The Hall–Kier alpha value is -5.27. The Kier molecular flexibility index (Phi) is 8.43. The van der Waals surface area contributed by atoms with Crippen molar-refractivity contribution in [1.82, 2.24) is 5.43 Å². The number of rotatable bonds is 7. The van der Waals surface area contributed by atoms with Gasteiger partial charge >= 0.3 is 0 Å². The second-order valence-electron chi connectivity index (χ2n) is 7.33. The summed E-state index contributed by atoms with van der Waals surface area (Å²) in [6, 6.07) is 28.7. The summed E-state index contributed by atoms with van der Waals surface area (Å²) in [6.07, 6.45) is 3.00. The zero-order valence-electron chi connectivity index (χ0n) is 18.9. The standard InChI is InChI=1S/C28H21N5O2/c1-20(32-33-28(35)25(19-30)17-22-10-6-3-7-11-22)23-12-14-26(15-13-23)31-27(34)24(18-29)16-21-8-4-2-5-9-21/h2-17H,1H3,(H,31,34)(H,33,35)/b24-16+,25-17+,32-20+. The predicted molar refractivity (Wildman–Crippen MR) is 135 cm³/mol. The Morgan fingerprint density at radius 2 is 1.23 bits per heavy atom. The lowest BCUT2D eigenvalue weighted by atomic mass is 10.1. The lowest BCUT2D eigenvalue weighted by Gasteiger charge is -2.07. The van der Waals surface area contributed by atoms with Crippen molar-refractivity contribution in [2.24, 2.45) is 5.10 Å². The van der Waals surface area contributed by atoms with Gasteiger partial charge in [0, 0.05) is 5.69 Å². The number of hydrazone groups is 1. The van der Waals surface area contributed by atoms with Crippen LogP contribution in [0.2, 0.25) is 0 Å². The topological polar surface area (TPSA) is 118 Å². The second-order valence-corrected chi connectivity index (χ2v) is 7.33. The summed E-state index contributed by atoms with van der Waals surface area (Å²) in [5.41, 5.74) is 5.50. The van der Waals surface area contributed by atoms with Crippen molar-refractivity contribution in [3.05, 3.63) is 113 Å². The van der Waals surface area contributed by atoms with E-state index in [4.69, 9.17) is 0 Å². The average Bonchev–Trinajstić information content (AvgIpc) is 2.90. The minimum atomic E-state index is -0.617. The number of nitrogens with zero attached hydrogens (tertiary/aromatic N) is 3. The van der Waals surface area contributed by atoms with E-state index in [1.807, 2.05) is 48.5 Å². The first kappa shape index (κ1) is 24.4. The monoisotopic (exact) mass is 459 g/mol. The van der Waals surface area contributed by atoms with Crippen LogP contribution in [0.5, 0.6) is 0 Å². The fourth-order valence-corrected chi connectivity index (χ4v) is 2.98. The van der Waals surface area contributed by atoms with Gasteiger partial charge in [0.15, 0.2) is 0 Å². The fraction of sp³-hybridized carbons (Fsp3) is 0.0357. The summed E-state index contributed by atoms with van der Waals surface area (Å²) in [5.74, 6) is -1.13. The van der Waals surface area contributed by atoms with E-state index in [-0.39, 0.29) is 11.1 Å². The van der Waals surface area contributed by atoms with E-state index in [0.29, 0.717) is 17.0 Å². The van der Waals surface area contributed by atoms with Crippen molar-refractivity contribution in [2.75, 3.05) is 5.32 Å². The van der Waals surface area contributed by atoms with Gasteiger partial charge in [-0.15, -0.1) is 0 Å². The molecular weight excluding hydrogens is 438 g/mol. The molecule has 7 nitrogen and oxygen atoms in total. The molecule has 7 heteroatoms. The van der Waals surface area contributed by atoms with Crippen LogP contribution in [0.15, 0.2) is 101 Å². The first-order chi connectivity index (χ1) is 17.0. The molecule has 170 valence electrons. The van der Waals surface area contributed by atoms with Crippen molar-refractivity contribution in [2.45, 2.75) is 6.92 Å². The van der Waals surface area contributed by atoms with Gasteiger partial charge in [-0.3, -0.25) is 9.59 Å². The lowest BCUT2D eigenvalue weighted by Crippen LogP contribution is -2.20. The number of hydrogen-bond acceptors (Lipinski definition) is 5. The molecular formula is C28H21N5O2. The zero-order chi connectivity index (χ0) is 25.0. The number of nitriles is 2. The van der Waals surface area contributed by atoms with Crippen LogP contribution in [0.25, 0.3) is 12.2 Å². The molecule has 2 amide bonds. The molecule has 0 aromatic heterocycles. The van der Waals surface area contributed by atoms with E-state index in [0.717, 1.165) is 11.1 Å². The SMILES string of the molecule is C/C(=N\NC(=O)/C(C#N)=C/c1ccccc1)c1ccc(NC(=O)/C(C#N)=C/c2ccccc2)cc1. The van der Waals surface area contributed by atoms with Crippen LogP contribution in [-0.4, -0.2) is 17.5 Å². The van der Waals surface area contributed by atoms with Gasteiger partial charge in [-0.1, -0.05) is 72.8 Å². The highest BCUT2D eigenvalue weighted by Gasteiger charge is 2.11. The van der Waals surface area contributed by atoms with Gasteiger partial charge in [-0.25, -0.2) is 5.43 Å². The van der Waals surface area contributed by atoms with Crippen molar-refractivity contribution >= 4 is 35.4 Å². The molecule has 2 N–H and O–H groups in total. The molecule has 0 saturated carbocycles. The Morgan fingerprint density at radius 3 is 1.71 bits per heavy atom. The fourth-order valence-electron chi connectivity index (χ4n) is 2.98. The highest BCUT2D eigenvalue weighted by molar-refractivity contribution is 6.10. The third-order valence-electron chi connectivity index (χ3n) is 4.84. The second kappa shape index (κ2) is 12.1. The van der Waals surface area contributed by atoms with E-state index in [1.165, 1.54) is 12.2 Å². The molecule has 0 bridgehead atoms. The van der Waals surface area contributed by atoms with Crippen molar-refractivity contribution in [1.29, 1.82) is 10.5 Å². The molecule has 0 spiro atoms. The molecule has 0 atom stereocenters. The molecule has 3 aromatic rings. The average molecular weight is 460 g/mol. The highest BCUT2D eigenvalue weighted by Crippen LogP contribution is 2.13. The Morgan fingerprint density at radius 1 is 0.743 bits per heavy atom. The van der Waals surface area contributed by atoms with Crippen molar-refractivity contribution < 1.29 is 9.59 Å². The molecule has 0 radical (unpaired) electrons. The normalized spacial score (nSPS) is 11.7. The molecule has 0 fully saturated rings. The van der Waals surface area contributed by atoms with Crippen LogP contribution in [-0.2, 0) is 9.59 Å². The Labute approximate surface area is 203 Å². The van der Waals surface area contributed by atoms with Crippen LogP contribution in [0.1, 0.15) is 23.6 Å². The van der Waals surface area contributed by atoms with E-state index in [2.05, 4.69) is 15.8 Å². The van der Waals surface area contributed by atoms with Gasteiger partial charge in [0.05, 0.1) is 5.71 Å². The summed E-state index contributed by atoms with van der Waals surface area (Å²) < 4.78 is 0. The molecule has 0 aliphatic rings. The summed E-state index contributed by atoms with van der Waals surface area (Å²) in [6.45, 7) is 1.71. The quantitative estimate of drug-likeness (QED) is 0.231. The number of benzene rings is 3. The molecule has 0 aliphatic carbocycles. The number of anilines is 1. The number of carbonyl (C=O) groups excluding carboxylic acids is 2. The maximum absolute atomic E-state index is 12.5. The molecule has 0 saturated heterocycles. The first-order valence-corrected chi connectivity index (χ1v) is 10.6. The van der Waals surface area contributed by atoms with Crippen molar-refractivity contribution in [3.63, 3.8) is 0 Å². The molecule has 35 heavy (non-hydrogen) atoms. The maximum atomic E-state index is 12.5. The van der Waals surface area contributed by atoms with E-state index < -0.39 is 11.8 Å². The molecule has 0 aliphatic heterocycles. The van der Waals surface area contributed by atoms with Crippen LogP contribution in [0.4, 0.5) is 5.69 Å². The zero-order valence-corrected chi connectivity index (χ0v) is 18.9. The first-order valence-electron chi connectivity index (χ1n) is 10.6. The number of carbonyl (C=O) groups is 2. The van der Waals surface area contributed by atoms with Crippen LogP contribution in [0, 0.1) is 22.7 Å². The maximum Gasteiger partial charge on any atom is 0.282 e. The highest BCUT2D eigenvalue weighted by atomic mass is 16.2. The van der Waals surface area contributed by atoms with Gasteiger partial charge in [0.2, 0.25) is 0 Å². The molecule has 3 rings (SSSR count). The lowest BCUT2D eigenvalue weighted by molar-refractivity contribution is -0.117. The van der Waals surface area contributed by atoms with Crippen LogP contribution >= 0.6 is 0 Å². The van der Waals surface area contributed by atoms with Crippen LogP contribution < -0.4 is 10.7 Å². The summed E-state index contributed by atoms with van der Waals surface area (Å²) in [4.78, 5) is 24.8. The van der Waals surface area contributed by atoms with E-state index in [9.17, 15) is 20.1 Å². The van der Waals surface area contributed by atoms with Gasteiger partial charge in [0.25, 0.3) is 11.8 Å². The van der Waals surface area contributed by atoms with E-state index in [1.54, 1.807) is 55.5 Å². The number of nitrogens with one attached hydrogen (secondary N) is 2. The van der Waals surface area contributed by atoms with Gasteiger partial charge in [-0.05, 0) is 47.9 Å². The predicted octanol–water partition coefficient (Wildman–Crippen LogP) is 4.68. The minimum Gasteiger partial charge on any atom is -0.321 e. The van der Waals surface area contributed by atoms with E-state index >= 15 is 0 Å². The summed E-state index contributed by atoms with van der Waals surface area (Å²) in [7, 11) is 0. The van der Waals surface area contributed by atoms with Gasteiger partial charge < -0.3 is 5.32 Å². The summed E-state index contributed by atoms with van der Waals surface area (Å²) >= 11 is 0. The third-order valence-corrected chi connectivity index (χ3v) is 4.84. The number of amides is 2. The minimum absolute atomic E-state index is 0.0161. The van der Waals surface area contributed by atoms with Crippen molar-refractivity contribution in [3.8, 4) is 12.1 Å². The summed E-state index contributed by atoms with van der Waals surface area (Å²) in [5, 5.41) is 25.4. The molecule has 0 unspecified atom stereocenters. The smallest absolute Gasteiger partial charge is 0.282 e. The van der Waals surface area contributed by atoms with Gasteiger partial charge in [-0.2, -0.15) is 15.6 Å². The number of hydrogen-bond donors (Lipinski definition) is 2. The Bertz CT molecular complexity index is 1380. The molecule has 3 aromatic carbocycles. The molecule has 0 heterocycles. The Balaban J connectivity index is 1.64. The largest absolute Gasteiger partial charge is 0.321 e.